The summed E-state index contributed by atoms with van der Waals surface area (Å²) in [6.45, 7) is 0.334. The highest BCUT2D eigenvalue weighted by atomic mass is 79.9. The number of aromatic nitrogens is 1. The lowest BCUT2D eigenvalue weighted by atomic mass is 9.95. The van der Waals surface area contributed by atoms with E-state index in [9.17, 15) is 14.7 Å². The third kappa shape index (κ3) is 4.10. The molecule has 0 aliphatic carbocycles. The Morgan fingerprint density at radius 2 is 1.71 bits per heavy atom. The number of likely N-dealkylation sites (tertiary alicyclic amines) is 1. The van der Waals surface area contributed by atoms with E-state index >= 15 is 0 Å². The van der Waals surface area contributed by atoms with Gasteiger partial charge in [-0.15, -0.1) is 0 Å². The topological polar surface area (TPSA) is 73.4 Å². The number of amides is 1. The third-order valence-electron chi connectivity index (χ3n) is 6.12. The maximum Gasteiger partial charge on any atom is 0.295 e. The second kappa shape index (κ2) is 9.24. The molecule has 1 amide bonds. The highest BCUT2D eigenvalue weighted by Crippen LogP contribution is 2.40. The number of hydrogen-bond donors (Lipinski definition) is 2. The number of nitrogens with one attached hydrogen (secondary N) is 1. The normalized spacial score (nSPS) is 17.6. The summed E-state index contributed by atoms with van der Waals surface area (Å²) in [5.74, 6) is -1.46. The molecule has 2 N–H and O–H groups in total. The lowest BCUT2D eigenvalue weighted by Crippen LogP contribution is -2.31. The Morgan fingerprint density at radius 3 is 2.47 bits per heavy atom. The summed E-state index contributed by atoms with van der Waals surface area (Å²) in [5, 5.41) is 12.3. The number of hydrogen-bond acceptors (Lipinski definition) is 3. The van der Waals surface area contributed by atoms with Crippen LogP contribution in [0.4, 0.5) is 0 Å². The van der Waals surface area contributed by atoms with Crippen LogP contribution in [-0.4, -0.2) is 33.2 Å². The van der Waals surface area contributed by atoms with Gasteiger partial charge < -0.3 is 15.0 Å². The number of Topliss-reactive ketones (excluding diaryl/α,β-unsaturated/α-hetero) is 1. The van der Waals surface area contributed by atoms with Crippen molar-refractivity contribution in [3.05, 3.63) is 110 Å². The van der Waals surface area contributed by atoms with Gasteiger partial charge in [-0.1, -0.05) is 74.3 Å². The minimum atomic E-state index is -0.689. The first-order valence-electron chi connectivity index (χ1n) is 10.8. The second-order valence-corrected chi connectivity index (χ2v) is 10.00. The Hall–Kier alpha value is -3.16. The number of para-hydroxylation sites is 1. The average Bonchev–Trinajstić information content (AvgIpc) is 3.36. The molecule has 2 heterocycles. The van der Waals surface area contributed by atoms with Crippen LogP contribution in [0.1, 0.15) is 22.7 Å². The quantitative estimate of drug-likeness (QED) is 0.164. The van der Waals surface area contributed by atoms with Crippen molar-refractivity contribution in [3.8, 4) is 0 Å². The van der Waals surface area contributed by atoms with E-state index in [1.807, 2.05) is 54.7 Å². The molecule has 4 aromatic rings. The molecule has 1 fully saturated rings. The van der Waals surface area contributed by atoms with Crippen molar-refractivity contribution in [1.29, 1.82) is 0 Å². The van der Waals surface area contributed by atoms with Gasteiger partial charge in [0.05, 0.1) is 11.6 Å². The minimum Gasteiger partial charge on any atom is -0.507 e. The van der Waals surface area contributed by atoms with Crippen molar-refractivity contribution in [2.75, 3.05) is 6.54 Å². The van der Waals surface area contributed by atoms with Gasteiger partial charge in [-0.2, -0.15) is 0 Å². The Balaban J connectivity index is 1.57. The molecule has 1 aromatic heterocycles. The van der Waals surface area contributed by atoms with E-state index in [4.69, 9.17) is 0 Å². The number of benzene rings is 3. The number of aliphatic hydroxyl groups is 1. The van der Waals surface area contributed by atoms with Crippen LogP contribution in [0.25, 0.3) is 16.7 Å². The number of H-pyrrole nitrogens is 1. The van der Waals surface area contributed by atoms with Crippen molar-refractivity contribution in [1.82, 2.24) is 9.88 Å². The first-order valence-corrected chi connectivity index (χ1v) is 12.4. The third-order valence-corrected chi connectivity index (χ3v) is 7.14. The zero-order chi connectivity index (χ0) is 23.8. The van der Waals surface area contributed by atoms with Crippen molar-refractivity contribution in [2.24, 2.45) is 0 Å². The van der Waals surface area contributed by atoms with E-state index < -0.39 is 17.7 Å². The number of fused-ring (bicyclic) bond motifs is 1. The molecule has 5 nitrogen and oxygen atoms in total. The molecule has 1 saturated heterocycles. The molecule has 0 spiro atoms. The van der Waals surface area contributed by atoms with Crippen LogP contribution in [-0.2, 0) is 16.0 Å². The SMILES string of the molecule is O=C1C(=O)N(CCc2c[nH]c3ccccc23)C(c2cccc(Br)c2)/C1=C(\O)c1ccc(Br)cc1. The van der Waals surface area contributed by atoms with Crippen molar-refractivity contribution in [2.45, 2.75) is 12.5 Å². The number of rotatable bonds is 5. The minimum absolute atomic E-state index is 0.101. The van der Waals surface area contributed by atoms with Crippen LogP contribution in [0.2, 0.25) is 0 Å². The van der Waals surface area contributed by atoms with E-state index in [1.54, 1.807) is 29.2 Å². The van der Waals surface area contributed by atoms with E-state index in [1.165, 1.54) is 0 Å². The Morgan fingerprint density at radius 1 is 0.941 bits per heavy atom. The van der Waals surface area contributed by atoms with E-state index in [2.05, 4.69) is 36.8 Å². The summed E-state index contributed by atoms with van der Waals surface area (Å²) in [5.41, 5.74) is 3.44. The molecule has 1 aliphatic heterocycles. The molecular formula is C27H20Br2N2O3. The van der Waals surface area contributed by atoms with Gasteiger partial charge in [0, 0.05) is 38.2 Å². The molecule has 170 valence electrons. The molecule has 1 atom stereocenters. The first kappa shape index (κ1) is 22.6. The zero-order valence-corrected chi connectivity index (χ0v) is 21.1. The smallest absolute Gasteiger partial charge is 0.295 e. The number of aromatic amines is 1. The lowest BCUT2D eigenvalue weighted by molar-refractivity contribution is -0.139. The van der Waals surface area contributed by atoms with Crippen LogP contribution in [0, 0.1) is 0 Å². The van der Waals surface area contributed by atoms with Gasteiger partial charge in [0.2, 0.25) is 0 Å². The average molecular weight is 580 g/mol. The van der Waals surface area contributed by atoms with Crippen molar-refractivity contribution < 1.29 is 14.7 Å². The molecule has 5 rings (SSSR count). The maximum atomic E-state index is 13.2. The van der Waals surface area contributed by atoms with Gasteiger partial charge >= 0.3 is 0 Å². The van der Waals surface area contributed by atoms with Gasteiger partial charge in [0.15, 0.2) is 0 Å². The fraction of sp³-hybridized carbons (Fsp3) is 0.111. The maximum absolute atomic E-state index is 13.2. The fourth-order valence-corrected chi connectivity index (χ4v) is 5.16. The van der Waals surface area contributed by atoms with Crippen molar-refractivity contribution in [3.63, 3.8) is 0 Å². The Bertz CT molecular complexity index is 1440. The lowest BCUT2D eigenvalue weighted by Gasteiger charge is -2.25. The number of carbonyl (C=O) groups excluding carboxylic acids is 2. The molecule has 0 bridgehead atoms. The highest BCUT2D eigenvalue weighted by Gasteiger charge is 2.45. The van der Waals surface area contributed by atoms with Crippen LogP contribution >= 0.6 is 31.9 Å². The van der Waals surface area contributed by atoms with Crippen LogP contribution in [0.15, 0.2) is 93.5 Å². The molecular weight excluding hydrogens is 560 g/mol. The predicted octanol–water partition coefficient (Wildman–Crippen LogP) is 6.36. The molecule has 0 saturated carbocycles. The Kier molecular flexibility index (Phi) is 6.15. The number of nitrogens with zero attached hydrogens (tertiary/aromatic N) is 1. The number of halogens is 2. The van der Waals surface area contributed by atoms with Crippen LogP contribution in [0.3, 0.4) is 0 Å². The largest absolute Gasteiger partial charge is 0.507 e. The van der Waals surface area contributed by atoms with E-state index in [0.29, 0.717) is 18.5 Å². The summed E-state index contributed by atoms with van der Waals surface area (Å²) < 4.78 is 1.68. The highest BCUT2D eigenvalue weighted by molar-refractivity contribution is 9.10. The monoisotopic (exact) mass is 578 g/mol. The number of aliphatic hydroxyl groups excluding tert-OH is 1. The predicted molar refractivity (Wildman–Crippen MR) is 139 cm³/mol. The summed E-state index contributed by atoms with van der Waals surface area (Å²) in [6, 6.07) is 21.8. The van der Waals surface area contributed by atoms with Gasteiger partial charge in [0.1, 0.15) is 5.76 Å². The van der Waals surface area contributed by atoms with Gasteiger partial charge in [-0.3, -0.25) is 9.59 Å². The molecule has 3 aromatic carbocycles. The Labute approximate surface area is 213 Å². The van der Waals surface area contributed by atoms with Crippen molar-refractivity contribution >= 4 is 60.2 Å². The molecule has 1 aliphatic rings. The van der Waals surface area contributed by atoms with E-state index in [0.717, 1.165) is 31.0 Å². The number of carbonyl (C=O) groups is 2. The standard InChI is InChI=1S/C27H20Br2N2O3/c28-19-10-8-16(9-11-19)25(32)23-24(17-4-3-5-20(29)14-17)31(27(34)26(23)33)13-12-18-15-30-22-7-2-1-6-21(18)22/h1-11,14-15,24,30,32H,12-13H2/b25-23+. The summed E-state index contributed by atoms with van der Waals surface area (Å²) >= 11 is 6.88. The number of ketones is 1. The zero-order valence-electron chi connectivity index (χ0n) is 18.0. The van der Waals surface area contributed by atoms with Gasteiger partial charge in [0.25, 0.3) is 11.7 Å². The molecule has 7 heteroatoms. The molecule has 34 heavy (non-hydrogen) atoms. The van der Waals surface area contributed by atoms with Gasteiger partial charge in [-0.05, 0) is 47.9 Å². The molecule has 0 radical (unpaired) electrons. The van der Waals surface area contributed by atoms with E-state index in [-0.39, 0.29) is 11.3 Å². The van der Waals surface area contributed by atoms with Gasteiger partial charge in [-0.25, -0.2) is 0 Å². The summed E-state index contributed by atoms with van der Waals surface area (Å²) in [7, 11) is 0. The second-order valence-electron chi connectivity index (χ2n) is 8.16. The van der Waals surface area contributed by atoms with Crippen LogP contribution in [0.5, 0.6) is 0 Å². The molecule has 1 unspecified atom stereocenters. The fourth-order valence-electron chi connectivity index (χ4n) is 4.48. The summed E-state index contributed by atoms with van der Waals surface area (Å²) in [4.78, 5) is 31.2. The van der Waals surface area contributed by atoms with Crippen LogP contribution < -0.4 is 0 Å². The summed E-state index contributed by atoms with van der Waals surface area (Å²) in [6.07, 6.45) is 2.51. The first-order chi connectivity index (χ1) is 16.4.